The summed E-state index contributed by atoms with van der Waals surface area (Å²) < 4.78 is 17.9. The zero-order chi connectivity index (χ0) is 25.3. The fraction of sp³-hybridized carbons (Fsp3) is 0.429. The van der Waals surface area contributed by atoms with Crippen molar-refractivity contribution in [3.05, 3.63) is 54.5 Å². The lowest BCUT2D eigenvalue weighted by Gasteiger charge is -2.30. The number of nitrogens with zero attached hydrogens (tertiary/aromatic N) is 3. The van der Waals surface area contributed by atoms with Gasteiger partial charge in [0.1, 0.15) is 18.7 Å². The Morgan fingerprint density at radius 1 is 1.17 bits per heavy atom. The quantitative estimate of drug-likeness (QED) is 0.376. The van der Waals surface area contributed by atoms with Gasteiger partial charge < -0.3 is 24.6 Å². The number of ether oxygens (including phenoxy) is 3. The number of aliphatic hydroxyl groups excluding tert-OH is 1. The molecule has 2 aromatic carbocycles. The number of nitrogens with one attached hydrogen (secondary N) is 1. The summed E-state index contributed by atoms with van der Waals surface area (Å²) in [6, 6.07) is 11.5. The molecule has 4 rings (SSSR count). The van der Waals surface area contributed by atoms with Crippen molar-refractivity contribution in [1.29, 1.82) is 0 Å². The first-order valence-corrected chi connectivity index (χ1v) is 12.6. The highest BCUT2D eigenvalue weighted by atomic mass is 16.5. The molecule has 0 spiro atoms. The molecule has 0 unspecified atom stereocenters. The molecule has 1 saturated heterocycles. The number of aromatic nitrogens is 2. The van der Waals surface area contributed by atoms with Gasteiger partial charge in [-0.2, -0.15) is 0 Å². The van der Waals surface area contributed by atoms with Gasteiger partial charge in [0.2, 0.25) is 5.88 Å². The average Bonchev–Trinajstić information content (AvgIpc) is 2.89. The number of allylic oxidation sites excluding steroid dienone is 2. The van der Waals surface area contributed by atoms with E-state index >= 15 is 0 Å². The van der Waals surface area contributed by atoms with E-state index in [1.165, 1.54) is 6.33 Å². The number of hydrogen-bond acceptors (Lipinski definition) is 8. The second kappa shape index (κ2) is 12.6. The van der Waals surface area contributed by atoms with Gasteiger partial charge in [-0.1, -0.05) is 19.1 Å². The standard InChI is InChI=1S/C28H36N4O4/c1-4-6-20(2)31-22-7-5-8-23(15-22)36-28-24-16-27(26(34-3)17-25(24)29-19-30-28)35-14-13-32-11-9-21(18-33)10-12-32/h5-8,15-17,19,21,31,33H,4,9-14,18H2,1-3H3/b20-6+. The van der Waals surface area contributed by atoms with E-state index in [0.717, 1.165) is 55.7 Å². The number of likely N-dealkylation sites (tertiary alicyclic amines) is 1. The van der Waals surface area contributed by atoms with Gasteiger partial charge in [-0.05, 0) is 63.4 Å². The van der Waals surface area contributed by atoms with Crippen LogP contribution in [0.3, 0.4) is 0 Å². The fourth-order valence-electron chi connectivity index (χ4n) is 4.41. The van der Waals surface area contributed by atoms with E-state index in [9.17, 15) is 5.11 Å². The van der Waals surface area contributed by atoms with Crippen LogP contribution in [0.2, 0.25) is 0 Å². The van der Waals surface area contributed by atoms with Crippen molar-refractivity contribution in [2.45, 2.75) is 33.1 Å². The Labute approximate surface area is 212 Å². The third-order valence-corrected chi connectivity index (χ3v) is 6.41. The van der Waals surface area contributed by atoms with Crippen LogP contribution in [0.25, 0.3) is 10.9 Å². The molecule has 1 aliphatic rings. The first-order chi connectivity index (χ1) is 17.6. The lowest BCUT2D eigenvalue weighted by molar-refractivity contribution is 0.118. The largest absolute Gasteiger partial charge is 0.493 e. The van der Waals surface area contributed by atoms with Crippen molar-refractivity contribution in [3.8, 4) is 23.1 Å². The topological polar surface area (TPSA) is 89.0 Å². The minimum Gasteiger partial charge on any atom is -0.493 e. The van der Waals surface area contributed by atoms with E-state index < -0.39 is 0 Å². The molecule has 0 atom stereocenters. The Balaban J connectivity index is 1.49. The average molecular weight is 493 g/mol. The van der Waals surface area contributed by atoms with Crippen molar-refractivity contribution in [2.75, 3.05) is 45.3 Å². The number of piperidine rings is 1. The van der Waals surface area contributed by atoms with Crippen LogP contribution in [-0.4, -0.2) is 59.9 Å². The maximum absolute atomic E-state index is 9.35. The molecular formula is C28H36N4O4. The third-order valence-electron chi connectivity index (χ3n) is 6.41. The van der Waals surface area contributed by atoms with Gasteiger partial charge in [-0.3, -0.25) is 4.90 Å². The van der Waals surface area contributed by atoms with Gasteiger partial charge in [0.15, 0.2) is 11.5 Å². The molecule has 0 saturated carbocycles. The summed E-state index contributed by atoms with van der Waals surface area (Å²) in [5, 5.41) is 13.5. The molecule has 1 aromatic heterocycles. The van der Waals surface area contributed by atoms with Crippen LogP contribution in [0, 0.1) is 5.92 Å². The first-order valence-electron chi connectivity index (χ1n) is 12.6. The van der Waals surface area contributed by atoms with Crippen molar-refractivity contribution < 1.29 is 19.3 Å². The van der Waals surface area contributed by atoms with Gasteiger partial charge in [0, 0.05) is 36.7 Å². The Hall–Kier alpha value is -3.36. The molecule has 192 valence electrons. The molecule has 3 aromatic rings. The molecule has 0 aliphatic carbocycles. The van der Waals surface area contributed by atoms with Crippen LogP contribution >= 0.6 is 0 Å². The molecule has 1 fully saturated rings. The number of rotatable bonds is 11. The van der Waals surface area contributed by atoms with Crippen LogP contribution in [0.4, 0.5) is 5.69 Å². The maximum atomic E-state index is 9.35. The van der Waals surface area contributed by atoms with Crippen LogP contribution in [0.15, 0.2) is 54.5 Å². The Morgan fingerprint density at radius 2 is 2.00 bits per heavy atom. The lowest BCUT2D eigenvalue weighted by Crippen LogP contribution is -2.37. The van der Waals surface area contributed by atoms with E-state index in [1.54, 1.807) is 7.11 Å². The van der Waals surface area contributed by atoms with Crippen LogP contribution in [0.5, 0.6) is 23.1 Å². The number of fused-ring (bicyclic) bond motifs is 1. The van der Waals surface area contributed by atoms with Gasteiger partial charge in [0.05, 0.1) is 18.0 Å². The number of anilines is 1. The number of hydrogen-bond donors (Lipinski definition) is 2. The summed E-state index contributed by atoms with van der Waals surface area (Å²) in [7, 11) is 1.62. The predicted molar refractivity (Wildman–Crippen MR) is 142 cm³/mol. The molecule has 36 heavy (non-hydrogen) atoms. The van der Waals surface area contributed by atoms with Crippen molar-refractivity contribution in [1.82, 2.24) is 14.9 Å². The lowest BCUT2D eigenvalue weighted by atomic mass is 9.98. The molecule has 2 N–H and O–H groups in total. The number of aliphatic hydroxyl groups is 1. The summed E-state index contributed by atoms with van der Waals surface area (Å²) in [5.74, 6) is 2.81. The summed E-state index contributed by atoms with van der Waals surface area (Å²) >= 11 is 0. The summed E-state index contributed by atoms with van der Waals surface area (Å²) in [6.45, 7) is 7.75. The van der Waals surface area contributed by atoms with Crippen LogP contribution in [0.1, 0.15) is 33.1 Å². The molecule has 1 aliphatic heterocycles. The van der Waals surface area contributed by atoms with E-state index in [4.69, 9.17) is 14.2 Å². The second-order valence-corrected chi connectivity index (χ2v) is 9.07. The van der Waals surface area contributed by atoms with E-state index in [-0.39, 0.29) is 6.61 Å². The molecule has 0 radical (unpaired) electrons. The van der Waals surface area contributed by atoms with E-state index in [2.05, 4.69) is 33.2 Å². The third kappa shape index (κ3) is 6.65. The molecule has 0 bridgehead atoms. The van der Waals surface area contributed by atoms with Gasteiger partial charge >= 0.3 is 0 Å². The van der Waals surface area contributed by atoms with Gasteiger partial charge in [0.25, 0.3) is 0 Å². The van der Waals surface area contributed by atoms with Crippen LogP contribution in [-0.2, 0) is 0 Å². The number of benzene rings is 2. The minimum absolute atomic E-state index is 0.279. The van der Waals surface area contributed by atoms with Gasteiger partial charge in [-0.25, -0.2) is 9.97 Å². The maximum Gasteiger partial charge on any atom is 0.230 e. The molecule has 2 heterocycles. The highest BCUT2D eigenvalue weighted by molar-refractivity contribution is 5.87. The first kappa shape index (κ1) is 25.7. The minimum atomic E-state index is 0.279. The summed E-state index contributed by atoms with van der Waals surface area (Å²) in [4.78, 5) is 11.2. The zero-order valence-electron chi connectivity index (χ0n) is 21.4. The van der Waals surface area contributed by atoms with Crippen LogP contribution < -0.4 is 19.5 Å². The monoisotopic (exact) mass is 492 g/mol. The molecule has 8 heteroatoms. The Kier molecular flexibility index (Phi) is 8.97. The van der Waals surface area contributed by atoms with Crippen molar-refractivity contribution >= 4 is 16.6 Å². The summed E-state index contributed by atoms with van der Waals surface area (Å²) in [6.07, 6.45) is 6.65. The Morgan fingerprint density at radius 3 is 2.75 bits per heavy atom. The smallest absolute Gasteiger partial charge is 0.230 e. The highest BCUT2D eigenvalue weighted by Crippen LogP contribution is 2.36. The molecule has 0 amide bonds. The van der Waals surface area contributed by atoms with E-state index in [0.29, 0.717) is 41.2 Å². The number of methoxy groups -OCH3 is 1. The Bertz CT molecular complexity index is 1180. The fourth-order valence-corrected chi connectivity index (χ4v) is 4.41. The van der Waals surface area contributed by atoms with Crippen molar-refractivity contribution in [2.24, 2.45) is 5.92 Å². The molecule has 8 nitrogen and oxygen atoms in total. The predicted octanol–water partition coefficient (Wildman–Crippen LogP) is 5.24. The summed E-state index contributed by atoms with van der Waals surface area (Å²) in [5.41, 5.74) is 2.75. The highest BCUT2D eigenvalue weighted by Gasteiger charge is 2.19. The zero-order valence-corrected chi connectivity index (χ0v) is 21.4. The van der Waals surface area contributed by atoms with Gasteiger partial charge in [-0.15, -0.1) is 0 Å². The van der Waals surface area contributed by atoms with E-state index in [1.807, 2.05) is 43.3 Å². The van der Waals surface area contributed by atoms with Crippen molar-refractivity contribution in [3.63, 3.8) is 0 Å². The normalized spacial score (nSPS) is 15.2. The second-order valence-electron chi connectivity index (χ2n) is 9.07. The SMILES string of the molecule is CC/C=C(\C)Nc1cccc(Oc2ncnc3cc(OC)c(OCCN4CCC(CO)CC4)cc23)c1. The molecular weight excluding hydrogens is 456 g/mol.